The molecule has 128 valence electrons. The summed E-state index contributed by atoms with van der Waals surface area (Å²) in [7, 11) is 0. The average molecular weight is 376 g/mol. The van der Waals surface area contributed by atoms with Crippen molar-refractivity contribution >= 4 is 39.9 Å². The predicted molar refractivity (Wildman–Crippen MR) is 100 cm³/mol. The van der Waals surface area contributed by atoms with Gasteiger partial charge in [-0.2, -0.15) is 0 Å². The molecule has 6 heteroatoms. The van der Waals surface area contributed by atoms with Crippen LogP contribution in [0.1, 0.15) is 18.1 Å². The molecule has 0 atom stereocenters. The summed E-state index contributed by atoms with van der Waals surface area (Å²) in [5.41, 5.74) is 2.98. The summed E-state index contributed by atoms with van der Waals surface area (Å²) in [5, 5.41) is 1.94. The highest BCUT2D eigenvalue weighted by atomic mass is 35.5. The molecule has 4 nitrogen and oxygen atoms in total. The summed E-state index contributed by atoms with van der Waals surface area (Å²) < 4.78 is 11.4. The van der Waals surface area contributed by atoms with E-state index in [2.05, 4.69) is 0 Å². The third-order valence-corrected chi connectivity index (χ3v) is 5.17. The van der Waals surface area contributed by atoms with Crippen molar-refractivity contribution < 1.29 is 9.15 Å². The summed E-state index contributed by atoms with van der Waals surface area (Å²) in [6.07, 6.45) is 0.762. The van der Waals surface area contributed by atoms with Crippen molar-refractivity contribution in [2.75, 3.05) is 11.6 Å². The van der Waals surface area contributed by atoms with E-state index in [0.29, 0.717) is 28.9 Å². The van der Waals surface area contributed by atoms with Crippen LogP contribution in [0.2, 0.25) is 10.0 Å². The van der Waals surface area contributed by atoms with Crippen LogP contribution in [0.3, 0.4) is 0 Å². The maximum Gasteiger partial charge on any atom is 0.336 e. The van der Waals surface area contributed by atoms with Crippen molar-refractivity contribution in [2.24, 2.45) is 0 Å². The fourth-order valence-corrected chi connectivity index (χ4v) is 3.43. The van der Waals surface area contributed by atoms with E-state index >= 15 is 0 Å². The zero-order chi connectivity index (χ0) is 17.6. The monoisotopic (exact) mass is 375 g/mol. The van der Waals surface area contributed by atoms with Gasteiger partial charge in [0.05, 0.1) is 22.2 Å². The molecule has 0 saturated heterocycles. The summed E-state index contributed by atoms with van der Waals surface area (Å²) in [4.78, 5) is 13.9. The minimum atomic E-state index is -0.343. The fourth-order valence-electron chi connectivity index (χ4n) is 3.14. The molecule has 2 aromatic carbocycles. The Bertz CT molecular complexity index is 1030. The number of nitrogens with zero attached hydrogens (tertiary/aromatic N) is 1. The van der Waals surface area contributed by atoms with Gasteiger partial charge in [-0.1, -0.05) is 30.1 Å². The van der Waals surface area contributed by atoms with Crippen LogP contribution in [0.15, 0.2) is 45.6 Å². The highest BCUT2D eigenvalue weighted by Crippen LogP contribution is 2.36. The Morgan fingerprint density at radius 3 is 2.72 bits per heavy atom. The molecule has 3 aromatic rings. The Balaban J connectivity index is 1.82. The van der Waals surface area contributed by atoms with Gasteiger partial charge in [0.15, 0.2) is 6.73 Å². The lowest BCUT2D eigenvalue weighted by Gasteiger charge is -2.31. The van der Waals surface area contributed by atoms with Crippen molar-refractivity contribution in [1.82, 2.24) is 0 Å². The molecular weight excluding hydrogens is 361 g/mol. The number of anilines is 1. The van der Waals surface area contributed by atoms with Crippen molar-refractivity contribution in [3.63, 3.8) is 0 Å². The van der Waals surface area contributed by atoms with E-state index in [4.69, 9.17) is 32.4 Å². The van der Waals surface area contributed by atoms with E-state index in [1.54, 1.807) is 18.2 Å². The zero-order valence-electron chi connectivity index (χ0n) is 13.5. The highest BCUT2D eigenvalue weighted by Gasteiger charge is 2.23. The Hall–Kier alpha value is -2.17. The number of rotatable bonds is 2. The standard InChI is InChI=1S/C19H15Cl2NO3/c1-2-11-7-18(23)25-19-13(11)4-6-17-14(19)9-22(10-24-17)12-3-5-15(20)16(21)8-12/h3-8H,2,9-10H2,1H3. The molecule has 0 radical (unpaired) electrons. The first-order valence-corrected chi connectivity index (χ1v) is 8.74. The second-order valence-corrected chi connectivity index (χ2v) is 6.75. The highest BCUT2D eigenvalue weighted by molar-refractivity contribution is 6.42. The SMILES string of the molecule is CCc1cc(=O)oc2c3c(ccc12)OCN(c1ccc(Cl)c(Cl)c1)C3. The maximum atomic E-state index is 11.9. The van der Waals surface area contributed by atoms with Gasteiger partial charge in [0.2, 0.25) is 0 Å². The van der Waals surface area contributed by atoms with Crippen LogP contribution in [0.5, 0.6) is 5.75 Å². The molecule has 1 aliphatic rings. The lowest BCUT2D eigenvalue weighted by atomic mass is 10.0. The van der Waals surface area contributed by atoms with Gasteiger partial charge in [0.1, 0.15) is 11.3 Å². The zero-order valence-corrected chi connectivity index (χ0v) is 15.0. The third kappa shape index (κ3) is 2.86. The smallest absolute Gasteiger partial charge is 0.336 e. The molecular formula is C19H15Cl2NO3. The number of aryl methyl sites for hydroxylation is 1. The second kappa shape index (κ2) is 6.28. The van der Waals surface area contributed by atoms with E-state index < -0.39 is 0 Å². The normalized spacial score (nSPS) is 13.6. The first-order chi connectivity index (χ1) is 12.1. The molecule has 0 aliphatic carbocycles. The quantitative estimate of drug-likeness (QED) is 0.589. The largest absolute Gasteiger partial charge is 0.473 e. The first-order valence-electron chi connectivity index (χ1n) is 7.98. The average Bonchev–Trinajstić information content (AvgIpc) is 2.62. The predicted octanol–water partition coefficient (Wildman–Crippen LogP) is 5.02. The molecule has 0 unspecified atom stereocenters. The van der Waals surface area contributed by atoms with Gasteiger partial charge in [0, 0.05) is 17.1 Å². The molecule has 0 saturated carbocycles. The molecule has 25 heavy (non-hydrogen) atoms. The van der Waals surface area contributed by atoms with E-state index in [-0.39, 0.29) is 5.63 Å². The number of hydrogen-bond acceptors (Lipinski definition) is 4. The van der Waals surface area contributed by atoms with E-state index in [0.717, 1.165) is 34.4 Å². The Labute approximate surface area is 154 Å². The molecule has 0 N–H and O–H groups in total. The molecule has 0 bridgehead atoms. The Kier molecular flexibility index (Phi) is 4.10. The van der Waals surface area contributed by atoms with Gasteiger partial charge in [-0.15, -0.1) is 0 Å². The topological polar surface area (TPSA) is 42.7 Å². The van der Waals surface area contributed by atoms with Crippen LogP contribution in [0.25, 0.3) is 11.0 Å². The van der Waals surface area contributed by atoms with Gasteiger partial charge in [0.25, 0.3) is 0 Å². The Morgan fingerprint density at radius 1 is 1.12 bits per heavy atom. The van der Waals surface area contributed by atoms with Gasteiger partial charge < -0.3 is 14.1 Å². The van der Waals surface area contributed by atoms with E-state index in [1.807, 2.05) is 30.0 Å². The van der Waals surface area contributed by atoms with Crippen LogP contribution >= 0.6 is 23.2 Å². The van der Waals surface area contributed by atoms with Crippen LogP contribution in [-0.2, 0) is 13.0 Å². The van der Waals surface area contributed by atoms with Crippen LogP contribution in [0.4, 0.5) is 5.69 Å². The van der Waals surface area contributed by atoms with Gasteiger partial charge in [-0.25, -0.2) is 4.79 Å². The molecule has 2 heterocycles. The summed E-state index contributed by atoms with van der Waals surface area (Å²) in [5.74, 6) is 0.736. The van der Waals surface area contributed by atoms with E-state index in [1.165, 1.54) is 0 Å². The van der Waals surface area contributed by atoms with Gasteiger partial charge >= 0.3 is 5.63 Å². The lowest BCUT2D eigenvalue weighted by molar-refractivity contribution is 0.289. The third-order valence-electron chi connectivity index (χ3n) is 4.43. The summed E-state index contributed by atoms with van der Waals surface area (Å²) >= 11 is 12.1. The lowest BCUT2D eigenvalue weighted by Crippen LogP contribution is -2.32. The number of hydrogen-bond donors (Lipinski definition) is 0. The second-order valence-electron chi connectivity index (χ2n) is 5.93. The molecule has 0 spiro atoms. The molecule has 1 aromatic heterocycles. The van der Waals surface area contributed by atoms with Gasteiger partial charge in [-0.05, 0) is 42.3 Å². The molecule has 0 fully saturated rings. The fraction of sp³-hybridized carbons (Fsp3) is 0.211. The van der Waals surface area contributed by atoms with Crippen LogP contribution in [0, 0.1) is 0 Å². The Morgan fingerprint density at radius 2 is 1.96 bits per heavy atom. The number of fused-ring (bicyclic) bond motifs is 3. The van der Waals surface area contributed by atoms with Crippen molar-refractivity contribution in [1.29, 1.82) is 0 Å². The van der Waals surface area contributed by atoms with Crippen molar-refractivity contribution in [2.45, 2.75) is 19.9 Å². The maximum absolute atomic E-state index is 11.9. The van der Waals surface area contributed by atoms with Gasteiger partial charge in [-0.3, -0.25) is 0 Å². The summed E-state index contributed by atoms with van der Waals surface area (Å²) in [6.45, 7) is 2.96. The number of halogens is 2. The van der Waals surface area contributed by atoms with Crippen molar-refractivity contribution in [3.8, 4) is 5.75 Å². The number of ether oxygens (including phenoxy) is 1. The molecule has 0 amide bonds. The van der Waals surface area contributed by atoms with Crippen LogP contribution < -0.4 is 15.3 Å². The van der Waals surface area contributed by atoms with Crippen LogP contribution in [-0.4, -0.2) is 6.73 Å². The molecule has 4 rings (SSSR count). The minimum Gasteiger partial charge on any atom is -0.473 e. The van der Waals surface area contributed by atoms with Crippen molar-refractivity contribution in [3.05, 3.63) is 68.0 Å². The number of benzene rings is 2. The first kappa shape index (κ1) is 16.3. The summed E-state index contributed by atoms with van der Waals surface area (Å²) in [6, 6.07) is 10.9. The minimum absolute atomic E-state index is 0.343. The molecule has 1 aliphatic heterocycles. The van der Waals surface area contributed by atoms with E-state index in [9.17, 15) is 4.79 Å².